The molecule has 1 saturated heterocycles. The molecule has 6 nitrogen and oxygen atoms in total. The van der Waals surface area contributed by atoms with Crippen LogP contribution in [0, 0.1) is 5.92 Å². The van der Waals surface area contributed by atoms with Crippen molar-refractivity contribution in [3.05, 3.63) is 23.8 Å². The van der Waals surface area contributed by atoms with Crippen LogP contribution >= 0.6 is 0 Å². The van der Waals surface area contributed by atoms with Gasteiger partial charge >= 0.3 is 0 Å². The van der Waals surface area contributed by atoms with Gasteiger partial charge in [0.1, 0.15) is 5.75 Å². The van der Waals surface area contributed by atoms with Crippen LogP contribution < -0.4 is 15.2 Å². The summed E-state index contributed by atoms with van der Waals surface area (Å²) in [4.78, 5) is 0. The highest BCUT2D eigenvalue weighted by Crippen LogP contribution is 2.22. The molecule has 0 aliphatic carbocycles. The molecule has 21 heavy (non-hydrogen) atoms. The Morgan fingerprint density at radius 3 is 2.86 bits per heavy atom. The number of nitrogens with two attached hydrogens (primary N) is 1. The summed E-state index contributed by atoms with van der Waals surface area (Å²) in [6.07, 6.45) is 2.00. The van der Waals surface area contributed by atoms with E-state index in [4.69, 9.17) is 10.5 Å². The number of ether oxygens (including phenoxy) is 1. The van der Waals surface area contributed by atoms with Gasteiger partial charge in [0.25, 0.3) is 10.2 Å². The first-order valence-corrected chi connectivity index (χ1v) is 8.53. The van der Waals surface area contributed by atoms with Crippen molar-refractivity contribution in [2.75, 3.05) is 25.9 Å². The van der Waals surface area contributed by atoms with Crippen LogP contribution in [0.15, 0.2) is 18.2 Å². The van der Waals surface area contributed by atoms with Gasteiger partial charge in [-0.2, -0.15) is 17.4 Å². The maximum absolute atomic E-state index is 12.3. The smallest absolute Gasteiger partial charge is 0.279 e. The standard InChI is InChI=1S/C14H23N3O3S/c1-11-4-3-7-17(10-11)21(18,19)16-9-12-5-6-14(20-2)13(15)8-12/h5-6,8,11,16H,3-4,7,9-10,15H2,1-2H3. The van der Waals surface area contributed by atoms with Gasteiger partial charge in [0, 0.05) is 19.6 Å². The summed E-state index contributed by atoms with van der Waals surface area (Å²) in [7, 11) is -1.88. The monoisotopic (exact) mass is 313 g/mol. The zero-order valence-corrected chi connectivity index (χ0v) is 13.3. The van der Waals surface area contributed by atoms with Gasteiger partial charge in [-0.25, -0.2) is 0 Å². The van der Waals surface area contributed by atoms with Crippen LogP contribution in [0.2, 0.25) is 0 Å². The second kappa shape index (κ2) is 6.64. The number of nitrogens with zero attached hydrogens (tertiary/aromatic N) is 1. The molecule has 1 aliphatic heterocycles. The van der Waals surface area contributed by atoms with Crippen LogP contribution in [0.5, 0.6) is 5.75 Å². The van der Waals surface area contributed by atoms with E-state index in [1.54, 1.807) is 25.3 Å². The van der Waals surface area contributed by atoms with Gasteiger partial charge in [-0.15, -0.1) is 0 Å². The lowest BCUT2D eigenvalue weighted by Gasteiger charge is -2.30. The van der Waals surface area contributed by atoms with Gasteiger partial charge in [0.05, 0.1) is 12.8 Å². The number of rotatable bonds is 5. The molecule has 0 radical (unpaired) electrons. The largest absolute Gasteiger partial charge is 0.495 e. The normalized spacial score (nSPS) is 20.4. The van der Waals surface area contributed by atoms with E-state index in [0.717, 1.165) is 18.4 Å². The molecule has 0 spiro atoms. The summed E-state index contributed by atoms with van der Waals surface area (Å²) in [5, 5.41) is 0. The highest BCUT2D eigenvalue weighted by molar-refractivity contribution is 7.87. The fraction of sp³-hybridized carbons (Fsp3) is 0.571. The zero-order valence-electron chi connectivity index (χ0n) is 12.5. The van der Waals surface area contributed by atoms with Crippen molar-refractivity contribution < 1.29 is 13.2 Å². The van der Waals surface area contributed by atoms with Crippen LogP contribution in [0.1, 0.15) is 25.3 Å². The van der Waals surface area contributed by atoms with E-state index in [1.807, 2.05) is 0 Å². The summed E-state index contributed by atoms with van der Waals surface area (Å²) in [6, 6.07) is 5.26. The predicted octanol–water partition coefficient (Wildman–Crippen LogP) is 1.34. The molecule has 3 N–H and O–H groups in total. The minimum Gasteiger partial charge on any atom is -0.495 e. The topological polar surface area (TPSA) is 84.7 Å². The number of nitrogens with one attached hydrogen (secondary N) is 1. The first-order valence-electron chi connectivity index (χ1n) is 7.09. The van der Waals surface area contributed by atoms with Crippen LogP contribution in [-0.4, -0.2) is 32.9 Å². The van der Waals surface area contributed by atoms with Gasteiger partial charge in [-0.3, -0.25) is 0 Å². The van der Waals surface area contributed by atoms with Crippen molar-refractivity contribution in [3.8, 4) is 5.75 Å². The van der Waals surface area contributed by atoms with Crippen molar-refractivity contribution in [2.45, 2.75) is 26.3 Å². The molecule has 7 heteroatoms. The molecular formula is C14H23N3O3S. The van der Waals surface area contributed by atoms with Crippen LogP contribution in [0.3, 0.4) is 0 Å². The van der Waals surface area contributed by atoms with Gasteiger partial charge in [0.2, 0.25) is 0 Å². The summed E-state index contributed by atoms with van der Waals surface area (Å²) in [5.41, 5.74) is 7.13. The highest BCUT2D eigenvalue weighted by atomic mass is 32.2. The molecular weight excluding hydrogens is 290 g/mol. The third-order valence-electron chi connectivity index (χ3n) is 3.71. The first-order chi connectivity index (χ1) is 9.92. The van der Waals surface area contributed by atoms with Gasteiger partial charge in [-0.1, -0.05) is 13.0 Å². The molecule has 1 aromatic rings. The van der Waals surface area contributed by atoms with Gasteiger partial charge in [0.15, 0.2) is 0 Å². The van der Waals surface area contributed by atoms with Crippen molar-refractivity contribution in [1.29, 1.82) is 0 Å². The number of benzene rings is 1. The fourth-order valence-electron chi connectivity index (χ4n) is 2.52. The number of hydrogen-bond donors (Lipinski definition) is 2. The Balaban J connectivity index is 1.99. The van der Waals surface area contributed by atoms with Crippen LogP contribution in [0.4, 0.5) is 5.69 Å². The Kier molecular flexibility index (Phi) is 5.08. The molecule has 0 saturated carbocycles. The number of piperidine rings is 1. The SMILES string of the molecule is COc1ccc(CNS(=O)(=O)N2CCCC(C)C2)cc1N. The third-order valence-corrected chi connectivity index (χ3v) is 5.23. The fourth-order valence-corrected chi connectivity index (χ4v) is 3.88. The lowest BCUT2D eigenvalue weighted by Crippen LogP contribution is -2.45. The summed E-state index contributed by atoms with van der Waals surface area (Å²) in [6.45, 7) is 3.47. The molecule has 0 aromatic heterocycles. The van der Waals surface area contributed by atoms with Gasteiger partial charge in [-0.05, 0) is 36.5 Å². The third kappa shape index (κ3) is 4.09. The molecule has 1 unspecified atom stereocenters. The molecule has 1 heterocycles. The Morgan fingerprint density at radius 1 is 1.48 bits per heavy atom. The number of anilines is 1. The van der Waals surface area contributed by atoms with E-state index >= 15 is 0 Å². The van der Waals surface area contributed by atoms with Crippen molar-refractivity contribution in [3.63, 3.8) is 0 Å². The van der Waals surface area contributed by atoms with Crippen molar-refractivity contribution in [1.82, 2.24) is 9.03 Å². The zero-order chi connectivity index (χ0) is 15.5. The molecule has 2 rings (SSSR count). The van der Waals surface area contributed by atoms with E-state index in [0.29, 0.717) is 30.4 Å². The lowest BCUT2D eigenvalue weighted by molar-refractivity contribution is 0.278. The first kappa shape index (κ1) is 16.1. The second-order valence-electron chi connectivity index (χ2n) is 5.51. The summed E-state index contributed by atoms with van der Waals surface area (Å²) >= 11 is 0. The highest BCUT2D eigenvalue weighted by Gasteiger charge is 2.26. The second-order valence-corrected chi connectivity index (χ2v) is 7.26. The average molecular weight is 313 g/mol. The molecule has 118 valence electrons. The maximum atomic E-state index is 12.3. The maximum Gasteiger partial charge on any atom is 0.279 e. The van der Waals surface area contributed by atoms with E-state index in [2.05, 4.69) is 11.6 Å². The molecule has 0 amide bonds. The van der Waals surface area contributed by atoms with Crippen LogP contribution in [0.25, 0.3) is 0 Å². The summed E-state index contributed by atoms with van der Waals surface area (Å²) < 4.78 is 33.8. The predicted molar refractivity (Wildman–Crippen MR) is 83.1 cm³/mol. The van der Waals surface area contributed by atoms with E-state index < -0.39 is 10.2 Å². The minimum atomic E-state index is -3.43. The number of methoxy groups -OCH3 is 1. The average Bonchev–Trinajstić information content (AvgIpc) is 2.45. The molecule has 1 atom stereocenters. The molecule has 1 aromatic carbocycles. The number of nitrogen functional groups attached to an aromatic ring is 1. The summed E-state index contributed by atoms with van der Waals surface area (Å²) in [5.74, 6) is 0.999. The van der Waals surface area contributed by atoms with E-state index in [1.165, 1.54) is 4.31 Å². The quantitative estimate of drug-likeness (QED) is 0.804. The Labute approximate surface area is 126 Å². The van der Waals surface area contributed by atoms with Gasteiger partial charge < -0.3 is 10.5 Å². The minimum absolute atomic E-state index is 0.224. The van der Waals surface area contributed by atoms with E-state index in [9.17, 15) is 8.42 Å². The van der Waals surface area contributed by atoms with Crippen molar-refractivity contribution >= 4 is 15.9 Å². The molecule has 0 bridgehead atoms. The molecule has 1 fully saturated rings. The Morgan fingerprint density at radius 2 is 2.24 bits per heavy atom. The van der Waals surface area contributed by atoms with Crippen LogP contribution in [-0.2, 0) is 16.8 Å². The van der Waals surface area contributed by atoms with Crippen molar-refractivity contribution in [2.24, 2.45) is 5.92 Å². The molecule has 1 aliphatic rings. The lowest BCUT2D eigenvalue weighted by atomic mass is 10.0. The number of hydrogen-bond acceptors (Lipinski definition) is 4. The van der Waals surface area contributed by atoms with E-state index in [-0.39, 0.29) is 6.54 Å². The Hall–Kier alpha value is -1.31. The Bertz CT molecular complexity index is 589.